The van der Waals surface area contributed by atoms with Crippen molar-refractivity contribution in [3.63, 3.8) is 0 Å². The molecule has 98 valence electrons. The van der Waals surface area contributed by atoms with Gasteiger partial charge in [0, 0.05) is 12.4 Å². The van der Waals surface area contributed by atoms with E-state index in [2.05, 4.69) is 30.2 Å². The predicted molar refractivity (Wildman–Crippen MR) is 73.3 cm³/mol. The van der Waals surface area contributed by atoms with Crippen LogP contribution in [0.5, 0.6) is 0 Å². The average molecular weight is 246 g/mol. The Kier molecular flexibility index (Phi) is 4.76. The zero-order valence-electron chi connectivity index (χ0n) is 11.3. The molecule has 0 bridgehead atoms. The number of nitrogens with zero attached hydrogens (tertiary/aromatic N) is 1. The molecule has 0 aromatic carbocycles. The lowest BCUT2D eigenvalue weighted by molar-refractivity contribution is 0.219. The number of rotatable bonds is 5. The highest BCUT2D eigenvalue weighted by Crippen LogP contribution is 2.29. The van der Waals surface area contributed by atoms with Gasteiger partial charge in [0.2, 0.25) is 0 Å². The number of hydrogen-bond acceptors (Lipinski definition) is 3. The third-order valence-corrected chi connectivity index (χ3v) is 3.37. The number of pyridine rings is 1. The molecule has 1 unspecified atom stereocenters. The topological polar surface area (TPSA) is 34.1 Å². The number of hydrogen-bond donors (Lipinski definition) is 1. The monoisotopic (exact) mass is 246 g/mol. The van der Waals surface area contributed by atoms with Gasteiger partial charge in [0.05, 0.1) is 18.9 Å². The van der Waals surface area contributed by atoms with Crippen molar-refractivity contribution in [2.45, 2.75) is 39.2 Å². The van der Waals surface area contributed by atoms with Gasteiger partial charge >= 0.3 is 0 Å². The van der Waals surface area contributed by atoms with Crippen LogP contribution in [0, 0.1) is 0 Å². The molecule has 2 heterocycles. The van der Waals surface area contributed by atoms with Gasteiger partial charge in [0.1, 0.15) is 0 Å². The Balaban J connectivity index is 2.31. The van der Waals surface area contributed by atoms with Gasteiger partial charge in [-0.1, -0.05) is 13.8 Å². The molecule has 1 aromatic heterocycles. The van der Waals surface area contributed by atoms with E-state index in [0.717, 1.165) is 32.4 Å². The lowest BCUT2D eigenvalue weighted by Gasteiger charge is -2.25. The molecule has 0 saturated heterocycles. The molecule has 1 aliphatic rings. The van der Waals surface area contributed by atoms with Crippen LogP contribution in [0.25, 0.3) is 0 Å². The fourth-order valence-corrected chi connectivity index (χ4v) is 2.46. The van der Waals surface area contributed by atoms with Crippen molar-refractivity contribution in [3.05, 3.63) is 41.4 Å². The first kappa shape index (κ1) is 13.1. The summed E-state index contributed by atoms with van der Waals surface area (Å²) in [5.41, 5.74) is 4.00. The SMILES string of the molecule is CCNC(C1=COCCC1)c1ccncc1CC. The molecule has 1 aliphatic heterocycles. The van der Waals surface area contributed by atoms with Crippen LogP contribution >= 0.6 is 0 Å². The van der Waals surface area contributed by atoms with Crippen molar-refractivity contribution < 1.29 is 4.74 Å². The largest absolute Gasteiger partial charge is 0.501 e. The van der Waals surface area contributed by atoms with Crippen LogP contribution < -0.4 is 5.32 Å². The van der Waals surface area contributed by atoms with Crippen molar-refractivity contribution in [2.24, 2.45) is 0 Å². The quantitative estimate of drug-likeness (QED) is 0.867. The van der Waals surface area contributed by atoms with Crippen molar-refractivity contribution in [2.75, 3.05) is 13.2 Å². The molecular formula is C15H22N2O. The van der Waals surface area contributed by atoms with Gasteiger partial charge in [-0.2, -0.15) is 0 Å². The first-order valence-corrected chi connectivity index (χ1v) is 6.83. The molecule has 3 heteroatoms. The highest BCUT2D eigenvalue weighted by molar-refractivity contribution is 5.33. The second-order valence-corrected chi connectivity index (χ2v) is 4.59. The third kappa shape index (κ3) is 2.91. The van der Waals surface area contributed by atoms with Crippen molar-refractivity contribution in [1.29, 1.82) is 0 Å². The summed E-state index contributed by atoms with van der Waals surface area (Å²) in [5.74, 6) is 0. The number of ether oxygens (including phenoxy) is 1. The van der Waals surface area contributed by atoms with Crippen LogP contribution in [0.2, 0.25) is 0 Å². The minimum Gasteiger partial charge on any atom is -0.501 e. The summed E-state index contributed by atoms with van der Waals surface area (Å²) in [6.07, 6.45) is 9.03. The van der Waals surface area contributed by atoms with E-state index in [9.17, 15) is 0 Å². The van der Waals surface area contributed by atoms with E-state index in [-0.39, 0.29) is 6.04 Å². The molecular weight excluding hydrogens is 224 g/mol. The van der Waals surface area contributed by atoms with E-state index in [4.69, 9.17) is 4.74 Å². The zero-order valence-corrected chi connectivity index (χ0v) is 11.3. The summed E-state index contributed by atoms with van der Waals surface area (Å²) >= 11 is 0. The molecule has 1 N–H and O–H groups in total. The van der Waals surface area contributed by atoms with Crippen LogP contribution in [0.4, 0.5) is 0 Å². The van der Waals surface area contributed by atoms with Crippen molar-refractivity contribution in [1.82, 2.24) is 10.3 Å². The molecule has 3 nitrogen and oxygen atoms in total. The Morgan fingerprint density at radius 1 is 1.44 bits per heavy atom. The van der Waals surface area contributed by atoms with E-state index in [1.165, 1.54) is 16.7 Å². The highest BCUT2D eigenvalue weighted by atomic mass is 16.5. The van der Waals surface area contributed by atoms with Gasteiger partial charge in [0.25, 0.3) is 0 Å². The van der Waals surface area contributed by atoms with E-state index < -0.39 is 0 Å². The van der Waals surface area contributed by atoms with Gasteiger partial charge in [-0.05, 0) is 48.6 Å². The molecule has 0 fully saturated rings. The Bertz CT molecular complexity index is 415. The van der Waals surface area contributed by atoms with Gasteiger partial charge in [-0.25, -0.2) is 0 Å². The molecule has 0 radical (unpaired) electrons. The second kappa shape index (κ2) is 6.55. The molecule has 0 saturated carbocycles. The maximum absolute atomic E-state index is 5.49. The molecule has 0 amide bonds. The minimum absolute atomic E-state index is 0.272. The van der Waals surface area contributed by atoms with E-state index >= 15 is 0 Å². The summed E-state index contributed by atoms with van der Waals surface area (Å²) in [7, 11) is 0. The summed E-state index contributed by atoms with van der Waals surface area (Å²) < 4.78 is 5.49. The summed E-state index contributed by atoms with van der Waals surface area (Å²) in [6.45, 7) is 6.12. The first-order chi connectivity index (χ1) is 8.86. The maximum atomic E-state index is 5.49. The molecule has 1 aromatic rings. The van der Waals surface area contributed by atoms with Crippen LogP contribution in [0.3, 0.4) is 0 Å². The van der Waals surface area contributed by atoms with Crippen LogP contribution in [-0.4, -0.2) is 18.1 Å². The Labute approximate surface area is 109 Å². The fourth-order valence-electron chi connectivity index (χ4n) is 2.46. The maximum Gasteiger partial charge on any atom is 0.0876 e. The minimum atomic E-state index is 0.272. The van der Waals surface area contributed by atoms with Gasteiger partial charge < -0.3 is 10.1 Å². The molecule has 1 atom stereocenters. The first-order valence-electron chi connectivity index (χ1n) is 6.83. The fraction of sp³-hybridized carbons (Fsp3) is 0.533. The van der Waals surface area contributed by atoms with Crippen molar-refractivity contribution in [3.8, 4) is 0 Å². The number of nitrogens with one attached hydrogen (secondary N) is 1. The Morgan fingerprint density at radius 3 is 3.00 bits per heavy atom. The average Bonchev–Trinajstić information content (AvgIpc) is 2.46. The Morgan fingerprint density at radius 2 is 2.33 bits per heavy atom. The van der Waals surface area contributed by atoms with E-state index in [1.807, 2.05) is 18.7 Å². The smallest absolute Gasteiger partial charge is 0.0876 e. The Hall–Kier alpha value is -1.35. The van der Waals surface area contributed by atoms with E-state index in [0.29, 0.717) is 0 Å². The second-order valence-electron chi connectivity index (χ2n) is 4.59. The van der Waals surface area contributed by atoms with E-state index in [1.54, 1.807) is 0 Å². The zero-order chi connectivity index (χ0) is 12.8. The predicted octanol–water partition coefficient (Wildman–Crippen LogP) is 2.99. The summed E-state index contributed by atoms with van der Waals surface area (Å²) in [5, 5.41) is 3.57. The van der Waals surface area contributed by atoms with Crippen LogP contribution in [0.1, 0.15) is 43.9 Å². The van der Waals surface area contributed by atoms with Crippen LogP contribution in [-0.2, 0) is 11.2 Å². The van der Waals surface area contributed by atoms with Gasteiger partial charge in [-0.15, -0.1) is 0 Å². The molecule has 0 aliphatic carbocycles. The highest BCUT2D eigenvalue weighted by Gasteiger charge is 2.20. The molecule has 18 heavy (non-hydrogen) atoms. The summed E-state index contributed by atoms with van der Waals surface area (Å²) in [6, 6.07) is 2.40. The van der Waals surface area contributed by atoms with Gasteiger partial charge in [-0.3, -0.25) is 4.98 Å². The standard InChI is InChI=1S/C15H22N2O/c1-3-12-10-16-8-7-14(12)15(17-4-2)13-6-5-9-18-11-13/h7-8,10-11,15,17H,3-6,9H2,1-2H3. The number of aryl methyl sites for hydroxylation is 1. The molecule has 0 spiro atoms. The van der Waals surface area contributed by atoms with Crippen molar-refractivity contribution >= 4 is 0 Å². The third-order valence-electron chi connectivity index (χ3n) is 3.37. The van der Waals surface area contributed by atoms with Crippen LogP contribution in [0.15, 0.2) is 30.3 Å². The number of likely N-dealkylation sites (N-methyl/N-ethyl adjacent to an activating group) is 1. The number of aromatic nitrogens is 1. The lowest BCUT2D eigenvalue weighted by Crippen LogP contribution is -2.25. The summed E-state index contributed by atoms with van der Waals surface area (Å²) in [4.78, 5) is 4.23. The van der Waals surface area contributed by atoms with Gasteiger partial charge in [0.15, 0.2) is 0 Å². The lowest BCUT2D eigenvalue weighted by atomic mass is 9.92. The normalized spacial score (nSPS) is 16.9. The molecule has 2 rings (SSSR count).